The first kappa shape index (κ1) is 34.5. The van der Waals surface area contributed by atoms with Crippen molar-refractivity contribution in [3.05, 3.63) is 23.3 Å². The van der Waals surface area contributed by atoms with Crippen LogP contribution in [0.3, 0.4) is 0 Å². The summed E-state index contributed by atoms with van der Waals surface area (Å²) in [5.41, 5.74) is 1.40. The fourth-order valence-corrected chi connectivity index (χ4v) is 9.32. The van der Waals surface area contributed by atoms with Gasteiger partial charge in [-0.05, 0) is 74.5 Å². The minimum absolute atomic E-state index is 0.101. The second kappa shape index (κ2) is 13.5. The Morgan fingerprint density at radius 1 is 0.977 bits per heavy atom. The molecule has 4 aliphatic carbocycles. The van der Waals surface area contributed by atoms with Crippen molar-refractivity contribution in [2.45, 2.75) is 111 Å². The summed E-state index contributed by atoms with van der Waals surface area (Å²) >= 11 is 0. The van der Waals surface area contributed by atoms with Crippen LogP contribution in [0.15, 0.2) is 23.3 Å². The van der Waals surface area contributed by atoms with Crippen molar-refractivity contribution in [2.24, 2.45) is 40.4 Å². The second-order valence-electron chi connectivity index (χ2n) is 14.4. The second-order valence-corrected chi connectivity index (χ2v) is 14.4. The molecule has 1 unspecified atom stereocenters. The van der Waals surface area contributed by atoms with Crippen LogP contribution in [-0.4, -0.2) is 64.0 Å². The van der Waals surface area contributed by atoms with Gasteiger partial charge in [0.15, 0.2) is 5.78 Å². The molecule has 0 aromatic carbocycles. The first-order valence-electron chi connectivity index (χ1n) is 16.3. The van der Waals surface area contributed by atoms with E-state index in [2.05, 4.69) is 39.8 Å². The van der Waals surface area contributed by atoms with Gasteiger partial charge in [-0.3, -0.25) is 4.79 Å². The third-order valence-electron chi connectivity index (χ3n) is 12.1. The maximum absolute atomic E-state index is 13.3. The lowest BCUT2D eigenvalue weighted by molar-refractivity contribution is -0.157. The number of hydrogen-bond acceptors (Lipinski definition) is 9. The molecule has 4 rings (SSSR count). The lowest BCUT2D eigenvalue weighted by Crippen LogP contribution is -2.54. The van der Waals surface area contributed by atoms with Gasteiger partial charge in [0.2, 0.25) is 0 Å². The zero-order valence-electron chi connectivity index (χ0n) is 28.2. The molecule has 248 valence electrons. The molecule has 9 atom stereocenters. The van der Waals surface area contributed by atoms with Crippen LogP contribution in [0.2, 0.25) is 0 Å². The van der Waals surface area contributed by atoms with Gasteiger partial charge in [0, 0.05) is 31.8 Å². The highest BCUT2D eigenvalue weighted by Gasteiger charge is 2.60. The quantitative estimate of drug-likeness (QED) is 0.173. The largest absolute Gasteiger partial charge is 0.508 e. The predicted molar refractivity (Wildman–Crippen MR) is 165 cm³/mol. The number of allylic oxidation sites excluding steroid dienone is 3. The van der Waals surface area contributed by atoms with Crippen LogP contribution in [0.25, 0.3) is 0 Å². The molecule has 0 bridgehead atoms. The van der Waals surface area contributed by atoms with E-state index in [1.807, 2.05) is 13.8 Å². The standard InChI is InChI=1S/C35H54O9/c1-10-22(17-29(36)33(3,4)42-20-39-7)21(2)26-13-14-27-25-12-11-23-18-24(43-31(37)40-8)19-30(44-32(38)41-9)35(23,6)28(25)15-16-34(26,27)5/h11-12,21-22,24,26-28,30H,10,13-20H2,1-9H3/t21-,22-,24+,26+,27-,28?,30-,34+,35-/m0/s1. The number of hydrogen-bond donors (Lipinski definition) is 0. The number of carbonyl (C=O) groups excluding carboxylic acids is 3. The number of rotatable bonds is 11. The number of methoxy groups -OCH3 is 3. The van der Waals surface area contributed by atoms with E-state index >= 15 is 0 Å². The zero-order valence-corrected chi connectivity index (χ0v) is 28.2. The number of Topliss-reactive ketones (excluding diaryl/α,β-unsaturated/α-hetero) is 1. The van der Waals surface area contributed by atoms with E-state index < -0.39 is 35.5 Å². The van der Waals surface area contributed by atoms with Gasteiger partial charge in [-0.1, -0.05) is 57.4 Å². The number of ether oxygens (including phenoxy) is 6. The molecule has 0 aromatic heterocycles. The lowest BCUT2D eigenvalue weighted by atomic mass is 9.49. The van der Waals surface area contributed by atoms with Gasteiger partial charge in [-0.2, -0.15) is 0 Å². The average Bonchev–Trinajstić information content (AvgIpc) is 3.35. The molecule has 0 radical (unpaired) electrons. The summed E-state index contributed by atoms with van der Waals surface area (Å²) in [7, 11) is 4.18. The molecule has 0 N–H and O–H groups in total. The van der Waals surface area contributed by atoms with E-state index in [4.69, 9.17) is 28.4 Å². The third-order valence-corrected chi connectivity index (χ3v) is 12.1. The maximum atomic E-state index is 13.3. The molecule has 9 nitrogen and oxygen atoms in total. The molecule has 0 spiro atoms. The molecule has 9 heteroatoms. The monoisotopic (exact) mass is 618 g/mol. The lowest BCUT2D eigenvalue weighted by Gasteiger charge is -2.57. The van der Waals surface area contributed by atoms with Crippen molar-refractivity contribution < 1.29 is 42.8 Å². The van der Waals surface area contributed by atoms with Gasteiger partial charge >= 0.3 is 12.3 Å². The maximum Gasteiger partial charge on any atom is 0.508 e. The SMILES string of the molecule is CC[C@@H](CC(=O)C(C)(C)OCOC)[C@H](C)[C@H]1CC[C@H]2C3=CC=C4C[C@@H](OC(=O)OC)C[C@H](OC(=O)OC)[C@]4(C)C3CC[C@]12C. The van der Waals surface area contributed by atoms with Crippen LogP contribution in [0.4, 0.5) is 9.59 Å². The van der Waals surface area contributed by atoms with Crippen molar-refractivity contribution in [2.75, 3.05) is 28.1 Å². The van der Waals surface area contributed by atoms with Crippen molar-refractivity contribution in [1.29, 1.82) is 0 Å². The van der Waals surface area contributed by atoms with E-state index in [-0.39, 0.29) is 29.8 Å². The van der Waals surface area contributed by atoms with Crippen LogP contribution in [0.1, 0.15) is 92.9 Å². The molecular weight excluding hydrogens is 564 g/mol. The molecule has 0 heterocycles. The Labute approximate surface area is 263 Å². The summed E-state index contributed by atoms with van der Waals surface area (Å²) in [4.78, 5) is 37.7. The summed E-state index contributed by atoms with van der Waals surface area (Å²) < 4.78 is 31.9. The van der Waals surface area contributed by atoms with Crippen LogP contribution in [0.5, 0.6) is 0 Å². The smallest absolute Gasteiger partial charge is 0.438 e. The fraction of sp³-hybridized carbons (Fsp3) is 0.800. The van der Waals surface area contributed by atoms with Gasteiger partial charge in [-0.15, -0.1) is 0 Å². The number of fused-ring (bicyclic) bond motifs is 5. The van der Waals surface area contributed by atoms with Gasteiger partial charge in [-0.25, -0.2) is 9.59 Å². The molecule has 0 amide bonds. The first-order chi connectivity index (χ1) is 20.8. The van der Waals surface area contributed by atoms with Crippen LogP contribution >= 0.6 is 0 Å². The predicted octanol–water partition coefficient (Wildman–Crippen LogP) is 7.42. The Balaban J connectivity index is 1.58. The molecule has 4 aliphatic rings. The molecular formula is C35H54O9. The van der Waals surface area contributed by atoms with Crippen LogP contribution < -0.4 is 0 Å². The van der Waals surface area contributed by atoms with Crippen molar-refractivity contribution in [1.82, 2.24) is 0 Å². The average molecular weight is 619 g/mol. The van der Waals surface area contributed by atoms with Crippen molar-refractivity contribution in [3.8, 4) is 0 Å². The molecule has 0 saturated heterocycles. The zero-order chi connectivity index (χ0) is 32.4. The number of carbonyl (C=O) groups is 3. The van der Waals surface area contributed by atoms with E-state index in [1.54, 1.807) is 7.11 Å². The summed E-state index contributed by atoms with van der Waals surface area (Å²) in [5.74, 6) is 1.92. The topological polar surface area (TPSA) is 107 Å². The molecule has 44 heavy (non-hydrogen) atoms. The molecule has 0 aromatic rings. The Hall–Kier alpha value is -2.39. The first-order valence-corrected chi connectivity index (χ1v) is 16.3. The van der Waals surface area contributed by atoms with E-state index in [0.717, 1.165) is 37.7 Å². The number of ketones is 1. The van der Waals surface area contributed by atoms with Crippen LogP contribution in [0, 0.1) is 40.4 Å². The summed E-state index contributed by atoms with van der Waals surface area (Å²) in [6.07, 6.45) is 8.78. The highest BCUT2D eigenvalue weighted by Crippen LogP contribution is 2.67. The minimum atomic E-state index is -0.876. The summed E-state index contributed by atoms with van der Waals surface area (Å²) in [6, 6.07) is 0. The van der Waals surface area contributed by atoms with E-state index in [9.17, 15) is 14.4 Å². The highest BCUT2D eigenvalue weighted by atomic mass is 16.7. The molecule has 0 aliphatic heterocycles. The Kier molecular flexibility index (Phi) is 10.6. The van der Waals surface area contributed by atoms with Gasteiger partial charge < -0.3 is 28.4 Å². The highest BCUT2D eigenvalue weighted by molar-refractivity contribution is 5.86. The molecule has 3 fully saturated rings. The molecule has 3 saturated carbocycles. The Morgan fingerprint density at radius 3 is 2.30 bits per heavy atom. The van der Waals surface area contributed by atoms with E-state index in [1.165, 1.54) is 19.8 Å². The Bertz CT molecular complexity index is 1140. The Morgan fingerprint density at radius 2 is 1.66 bits per heavy atom. The minimum Gasteiger partial charge on any atom is -0.438 e. The van der Waals surface area contributed by atoms with E-state index in [0.29, 0.717) is 37.0 Å². The van der Waals surface area contributed by atoms with Gasteiger partial charge in [0.05, 0.1) is 14.2 Å². The van der Waals surface area contributed by atoms with Crippen molar-refractivity contribution >= 4 is 18.1 Å². The van der Waals surface area contributed by atoms with Crippen molar-refractivity contribution in [3.63, 3.8) is 0 Å². The fourth-order valence-electron chi connectivity index (χ4n) is 9.32. The van der Waals surface area contributed by atoms with Gasteiger partial charge in [0.25, 0.3) is 0 Å². The third kappa shape index (κ3) is 6.33. The van der Waals surface area contributed by atoms with Gasteiger partial charge in [0.1, 0.15) is 24.6 Å². The summed E-state index contributed by atoms with van der Waals surface area (Å²) in [5, 5.41) is 0. The van der Waals surface area contributed by atoms with Crippen LogP contribution in [-0.2, 0) is 33.2 Å². The normalized spacial score (nSPS) is 34.2. The summed E-state index contributed by atoms with van der Waals surface area (Å²) in [6.45, 7) is 13.0.